The maximum Gasteiger partial charge on any atom is 0.309 e. The van der Waals surface area contributed by atoms with Crippen LogP contribution < -0.4 is 0 Å². The van der Waals surface area contributed by atoms with Gasteiger partial charge in [-0.3, -0.25) is 4.79 Å². The molecule has 1 aromatic rings. The lowest BCUT2D eigenvalue weighted by atomic mass is 10.1. The second-order valence-electron chi connectivity index (χ2n) is 4.84. The van der Waals surface area contributed by atoms with E-state index in [9.17, 15) is 4.79 Å². The molecule has 1 fully saturated rings. The van der Waals surface area contributed by atoms with Crippen molar-refractivity contribution in [2.75, 3.05) is 0 Å². The van der Waals surface area contributed by atoms with E-state index in [0.29, 0.717) is 18.4 Å². The highest BCUT2D eigenvalue weighted by Crippen LogP contribution is 2.44. The Hall–Kier alpha value is -1.31. The van der Waals surface area contributed by atoms with Crippen molar-refractivity contribution < 1.29 is 9.53 Å². The van der Waals surface area contributed by atoms with Crippen molar-refractivity contribution in [2.45, 2.75) is 26.9 Å². The van der Waals surface area contributed by atoms with Crippen LogP contribution in [0.1, 0.15) is 25.8 Å². The predicted octanol–water partition coefficient (Wildman–Crippen LogP) is 3.02. The van der Waals surface area contributed by atoms with Crippen LogP contribution in [0, 0.1) is 17.8 Å². The number of hydrogen-bond donors (Lipinski definition) is 0. The Morgan fingerprint density at radius 1 is 1.38 bits per heavy atom. The van der Waals surface area contributed by atoms with Crippen molar-refractivity contribution in [3.8, 4) is 0 Å². The molecule has 0 radical (unpaired) electrons. The summed E-state index contributed by atoms with van der Waals surface area (Å²) in [5.41, 5.74) is 1.05. The monoisotopic (exact) mass is 218 g/mol. The number of ether oxygens (including phenoxy) is 1. The highest BCUT2D eigenvalue weighted by molar-refractivity contribution is 5.75. The normalized spacial score (nSPS) is 23.2. The maximum absolute atomic E-state index is 11.7. The zero-order valence-corrected chi connectivity index (χ0v) is 9.85. The third kappa shape index (κ3) is 2.63. The first kappa shape index (κ1) is 11.2. The molecule has 2 rings (SSSR count). The van der Waals surface area contributed by atoms with Crippen LogP contribution >= 0.6 is 0 Å². The summed E-state index contributed by atoms with van der Waals surface area (Å²) in [6, 6.07) is 9.82. The van der Waals surface area contributed by atoms with Crippen molar-refractivity contribution in [3.63, 3.8) is 0 Å². The van der Waals surface area contributed by atoms with E-state index < -0.39 is 0 Å². The molecule has 0 aromatic heterocycles. The molecular weight excluding hydrogens is 200 g/mol. The third-order valence-corrected chi connectivity index (χ3v) is 3.22. The van der Waals surface area contributed by atoms with Crippen molar-refractivity contribution in [1.29, 1.82) is 0 Å². The van der Waals surface area contributed by atoms with E-state index in [4.69, 9.17) is 4.74 Å². The van der Waals surface area contributed by atoms with Crippen LogP contribution in [0.2, 0.25) is 0 Å². The number of carbonyl (C=O) groups is 1. The molecule has 16 heavy (non-hydrogen) atoms. The van der Waals surface area contributed by atoms with E-state index in [1.807, 2.05) is 30.3 Å². The van der Waals surface area contributed by atoms with Gasteiger partial charge < -0.3 is 4.74 Å². The number of hydrogen-bond acceptors (Lipinski definition) is 2. The molecule has 1 aliphatic rings. The van der Waals surface area contributed by atoms with E-state index in [1.54, 1.807) is 0 Å². The second kappa shape index (κ2) is 4.69. The number of benzene rings is 1. The summed E-state index contributed by atoms with van der Waals surface area (Å²) in [6.45, 7) is 4.73. The van der Waals surface area contributed by atoms with Gasteiger partial charge in [0.15, 0.2) is 0 Å². The van der Waals surface area contributed by atoms with Crippen molar-refractivity contribution in [3.05, 3.63) is 35.9 Å². The quantitative estimate of drug-likeness (QED) is 0.726. The molecule has 0 heterocycles. The van der Waals surface area contributed by atoms with Gasteiger partial charge in [0.25, 0.3) is 0 Å². The Morgan fingerprint density at radius 3 is 2.62 bits per heavy atom. The molecule has 2 atom stereocenters. The summed E-state index contributed by atoms with van der Waals surface area (Å²) in [5.74, 6) is 1.27. The van der Waals surface area contributed by atoms with Crippen molar-refractivity contribution >= 4 is 5.97 Å². The first-order valence-electron chi connectivity index (χ1n) is 5.89. The zero-order chi connectivity index (χ0) is 11.5. The smallest absolute Gasteiger partial charge is 0.309 e. The van der Waals surface area contributed by atoms with Gasteiger partial charge in [0.2, 0.25) is 0 Å². The molecule has 0 spiro atoms. The summed E-state index contributed by atoms with van der Waals surface area (Å²) >= 11 is 0. The van der Waals surface area contributed by atoms with Gasteiger partial charge >= 0.3 is 5.97 Å². The van der Waals surface area contributed by atoms with E-state index in [1.165, 1.54) is 0 Å². The van der Waals surface area contributed by atoms with E-state index in [2.05, 4.69) is 13.8 Å². The van der Waals surface area contributed by atoms with Crippen LogP contribution in [0.25, 0.3) is 0 Å². The average molecular weight is 218 g/mol. The standard InChI is InChI=1S/C14H18O2/c1-10(2)12-8-13(12)14(15)16-9-11-6-4-3-5-7-11/h3-7,10,12-13H,8-9H2,1-2H3/t12-,13+/m0/s1. The van der Waals surface area contributed by atoms with Gasteiger partial charge in [-0.2, -0.15) is 0 Å². The van der Waals surface area contributed by atoms with E-state index >= 15 is 0 Å². The van der Waals surface area contributed by atoms with Gasteiger partial charge in [-0.15, -0.1) is 0 Å². The van der Waals surface area contributed by atoms with Gasteiger partial charge in [-0.05, 0) is 23.8 Å². The van der Waals surface area contributed by atoms with Crippen molar-refractivity contribution in [2.24, 2.45) is 17.8 Å². The third-order valence-electron chi connectivity index (χ3n) is 3.22. The Kier molecular flexibility index (Phi) is 3.28. The van der Waals surface area contributed by atoms with Gasteiger partial charge in [0.05, 0.1) is 5.92 Å². The summed E-state index contributed by atoms with van der Waals surface area (Å²) in [6.07, 6.45) is 1.01. The van der Waals surface area contributed by atoms with Gasteiger partial charge in [0, 0.05) is 0 Å². The molecule has 0 amide bonds. The van der Waals surface area contributed by atoms with Crippen LogP contribution in [-0.4, -0.2) is 5.97 Å². The van der Waals surface area contributed by atoms with Crippen molar-refractivity contribution in [1.82, 2.24) is 0 Å². The van der Waals surface area contributed by atoms with Gasteiger partial charge in [-0.25, -0.2) is 0 Å². The Morgan fingerprint density at radius 2 is 2.06 bits per heavy atom. The number of carbonyl (C=O) groups excluding carboxylic acids is 1. The van der Waals surface area contributed by atoms with Gasteiger partial charge in [0.1, 0.15) is 6.61 Å². The van der Waals surface area contributed by atoms with Crippen LogP contribution in [0.4, 0.5) is 0 Å². The summed E-state index contributed by atoms with van der Waals surface area (Å²) < 4.78 is 5.29. The zero-order valence-electron chi connectivity index (χ0n) is 9.85. The van der Waals surface area contributed by atoms with Crippen LogP contribution in [-0.2, 0) is 16.1 Å². The molecule has 0 saturated heterocycles. The minimum atomic E-state index is -0.0254. The first-order chi connectivity index (χ1) is 7.68. The van der Waals surface area contributed by atoms with E-state index in [-0.39, 0.29) is 11.9 Å². The minimum Gasteiger partial charge on any atom is -0.461 e. The molecule has 1 saturated carbocycles. The molecule has 1 aromatic carbocycles. The Balaban J connectivity index is 1.78. The van der Waals surface area contributed by atoms with Crippen LogP contribution in [0.5, 0.6) is 0 Å². The fourth-order valence-corrected chi connectivity index (χ4v) is 2.06. The summed E-state index contributed by atoms with van der Waals surface area (Å²) in [4.78, 5) is 11.7. The highest BCUT2D eigenvalue weighted by atomic mass is 16.5. The Labute approximate surface area is 96.6 Å². The molecule has 1 aliphatic carbocycles. The molecule has 86 valence electrons. The Bertz CT molecular complexity index is 356. The largest absolute Gasteiger partial charge is 0.461 e. The highest BCUT2D eigenvalue weighted by Gasteiger charge is 2.45. The lowest BCUT2D eigenvalue weighted by Gasteiger charge is -2.05. The lowest BCUT2D eigenvalue weighted by Crippen LogP contribution is -2.09. The molecule has 2 nitrogen and oxygen atoms in total. The minimum absolute atomic E-state index is 0.0254. The second-order valence-corrected chi connectivity index (χ2v) is 4.84. The SMILES string of the molecule is CC(C)[C@@H]1C[C@H]1C(=O)OCc1ccccc1. The number of esters is 1. The molecule has 0 N–H and O–H groups in total. The lowest BCUT2D eigenvalue weighted by molar-refractivity contribution is -0.147. The maximum atomic E-state index is 11.7. The summed E-state index contributed by atoms with van der Waals surface area (Å²) in [5, 5.41) is 0. The topological polar surface area (TPSA) is 26.3 Å². The van der Waals surface area contributed by atoms with Crippen LogP contribution in [0.3, 0.4) is 0 Å². The predicted molar refractivity (Wildman–Crippen MR) is 62.7 cm³/mol. The molecule has 0 unspecified atom stereocenters. The van der Waals surface area contributed by atoms with Gasteiger partial charge in [-0.1, -0.05) is 44.2 Å². The molecule has 0 bridgehead atoms. The first-order valence-corrected chi connectivity index (χ1v) is 5.89. The molecule has 2 heteroatoms. The van der Waals surface area contributed by atoms with Crippen LogP contribution in [0.15, 0.2) is 30.3 Å². The van der Waals surface area contributed by atoms with E-state index in [0.717, 1.165) is 12.0 Å². The fourth-order valence-electron chi connectivity index (χ4n) is 2.06. The molecule has 0 aliphatic heterocycles. The summed E-state index contributed by atoms with van der Waals surface area (Å²) in [7, 11) is 0. The molecular formula is C14H18O2. The fraction of sp³-hybridized carbons (Fsp3) is 0.500. The number of rotatable bonds is 4. The average Bonchev–Trinajstić information content (AvgIpc) is 3.07.